The average Bonchev–Trinajstić information content (AvgIpc) is 2.99. The number of hydrogen-bond donors (Lipinski definition) is 0. The lowest BCUT2D eigenvalue weighted by Gasteiger charge is -2.45. The van der Waals surface area contributed by atoms with Gasteiger partial charge in [-0.1, -0.05) is 130 Å². The number of allylic oxidation sites excluding steroid dienone is 2. The summed E-state index contributed by atoms with van der Waals surface area (Å²) in [4.78, 5) is 13.9. The lowest BCUT2D eigenvalue weighted by Crippen LogP contribution is -2.67. The van der Waals surface area contributed by atoms with Gasteiger partial charge in [-0.25, -0.2) is 0 Å². The van der Waals surface area contributed by atoms with Crippen LogP contribution in [0.25, 0.3) is 0 Å². The van der Waals surface area contributed by atoms with Crippen LogP contribution in [0.15, 0.2) is 103 Å². The molecule has 212 valence electrons. The van der Waals surface area contributed by atoms with Gasteiger partial charge in [0.1, 0.15) is 5.78 Å². The number of ketones is 1. The smallest absolute Gasteiger partial charge is 0.261 e. The fourth-order valence-corrected chi connectivity index (χ4v) is 11.2. The summed E-state index contributed by atoms with van der Waals surface area (Å²) in [5.41, 5.74) is 2.71. The van der Waals surface area contributed by atoms with Crippen LogP contribution in [0.2, 0.25) is 5.04 Å². The monoisotopic (exact) mass is 552 g/mol. The predicted molar refractivity (Wildman–Crippen MR) is 172 cm³/mol. The third kappa shape index (κ3) is 7.50. The molecule has 0 spiro atoms. The second-order valence-corrected chi connectivity index (χ2v) is 16.8. The van der Waals surface area contributed by atoms with Gasteiger partial charge in [-0.15, -0.1) is 0 Å². The summed E-state index contributed by atoms with van der Waals surface area (Å²) in [6.07, 6.45) is 11.2. The Labute approximate surface area is 244 Å². The molecule has 3 aromatic carbocycles. The molecule has 0 saturated heterocycles. The first-order chi connectivity index (χ1) is 19.3. The summed E-state index contributed by atoms with van der Waals surface area (Å²) in [6, 6.07) is 32.2. The largest absolute Gasteiger partial charge is 0.404 e. The third-order valence-corrected chi connectivity index (χ3v) is 13.7. The molecule has 0 aliphatic heterocycles. The van der Waals surface area contributed by atoms with Crippen molar-refractivity contribution >= 4 is 24.5 Å². The SMILES string of the molecule is CC[C@H](C[C@@H](CC1=CCCCC1)C(=O)CCc1ccccc1)O[Si](c1ccccc1)(c1ccccc1)C(C)(C)C. The molecule has 3 heteroatoms. The van der Waals surface area contributed by atoms with E-state index < -0.39 is 8.32 Å². The Morgan fingerprint density at radius 3 is 1.93 bits per heavy atom. The van der Waals surface area contributed by atoms with Gasteiger partial charge in [0.25, 0.3) is 8.32 Å². The molecule has 0 aromatic heterocycles. The van der Waals surface area contributed by atoms with Gasteiger partial charge in [0, 0.05) is 18.4 Å². The fourth-order valence-electron chi connectivity index (χ4n) is 6.41. The van der Waals surface area contributed by atoms with Gasteiger partial charge < -0.3 is 4.43 Å². The maximum Gasteiger partial charge on any atom is 0.261 e. The standard InChI is InChI=1S/C37H48O2Si/c1-5-33(39-40(37(2,3)4,34-22-14-8-15-23-34)35-24-16-9-17-25-35)29-32(28-31-20-12-7-13-21-31)36(38)27-26-30-18-10-6-11-19-30/h6,8-11,14-20,22-25,32-33H,5,7,12-13,21,26-29H2,1-4H3/t32-,33-/m1/s1. The molecule has 0 N–H and O–H groups in total. The Kier molecular flexibility index (Phi) is 10.8. The van der Waals surface area contributed by atoms with Crippen LogP contribution < -0.4 is 10.4 Å². The molecule has 3 aromatic rings. The van der Waals surface area contributed by atoms with E-state index in [0.29, 0.717) is 12.2 Å². The van der Waals surface area contributed by atoms with Crippen molar-refractivity contribution in [1.82, 2.24) is 0 Å². The highest BCUT2D eigenvalue weighted by Gasteiger charge is 2.51. The van der Waals surface area contributed by atoms with Crippen LogP contribution in [0, 0.1) is 5.92 Å². The molecule has 0 fully saturated rings. The molecule has 40 heavy (non-hydrogen) atoms. The first-order valence-corrected chi connectivity index (χ1v) is 17.3. The zero-order valence-corrected chi connectivity index (χ0v) is 26.1. The van der Waals surface area contributed by atoms with E-state index in [2.05, 4.69) is 119 Å². The van der Waals surface area contributed by atoms with E-state index in [-0.39, 0.29) is 17.1 Å². The lowest BCUT2D eigenvalue weighted by molar-refractivity contribution is -0.123. The molecule has 0 unspecified atom stereocenters. The normalized spacial score (nSPS) is 15.8. The van der Waals surface area contributed by atoms with Gasteiger partial charge in [0.2, 0.25) is 0 Å². The summed E-state index contributed by atoms with van der Waals surface area (Å²) in [5, 5.41) is 2.52. The van der Waals surface area contributed by atoms with E-state index in [0.717, 1.165) is 38.5 Å². The molecular weight excluding hydrogens is 504 g/mol. The van der Waals surface area contributed by atoms with Crippen molar-refractivity contribution < 1.29 is 9.22 Å². The first kappa shape index (κ1) is 30.2. The van der Waals surface area contributed by atoms with Gasteiger partial charge >= 0.3 is 0 Å². The number of carbonyl (C=O) groups excluding carboxylic acids is 1. The van der Waals surface area contributed by atoms with Crippen LogP contribution in [-0.2, 0) is 15.6 Å². The lowest BCUT2D eigenvalue weighted by atomic mass is 9.84. The van der Waals surface area contributed by atoms with Crippen molar-refractivity contribution in [2.45, 2.75) is 96.6 Å². The van der Waals surface area contributed by atoms with Crippen LogP contribution >= 0.6 is 0 Å². The Morgan fingerprint density at radius 1 is 0.850 bits per heavy atom. The van der Waals surface area contributed by atoms with E-state index in [4.69, 9.17) is 4.43 Å². The third-order valence-electron chi connectivity index (χ3n) is 8.61. The summed E-state index contributed by atoms with van der Waals surface area (Å²) in [6.45, 7) is 9.23. The molecule has 1 aliphatic rings. The number of carbonyl (C=O) groups is 1. The van der Waals surface area contributed by atoms with Crippen molar-refractivity contribution in [3.63, 3.8) is 0 Å². The van der Waals surface area contributed by atoms with E-state index in [1.54, 1.807) is 0 Å². The number of hydrogen-bond acceptors (Lipinski definition) is 2. The second-order valence-electron chi connectivity index (χ2n) is 12.5. The number of rotatable bonds is 13. The minimum absolute atomic E-state index is 0.00349. The van der Waals surface area contributed by atoms with Crippen molar-refractivity contribution in [3.8, 4) is 0 Å². The molecule has 0 amide bonds. The molecule has 1 aliphatic carbocycles. The highest BCUT2D eigenvalue weighted by Crippen LogP contribution is 2.39. The molecular formula is C37H48O2Si. The maximum absolute atomic E-state index is 13.9. The number of benzene rings is 3. The summed E-state index contributed by atoms with van der Waals surface area (Å²) < 4.78 is 7.52. The van der Waals surface area contributed by atoms with Crippen molar-refractivity contribution in [2.24, 2.45) is 5.92 Å². The molecule has 0 bridgehead atoms. The van der Waals surface area contributed by atoms with Crippen molar-refractivity contribution in [3.05, 3.63) is 108 Å². The highest BCUT2D eigenvalue weighted by atomic mass is 28.4. The van der Waals surface area contributed by atoms with E-state index in [1.165, 1.54) is 34.4 Å². The second kappa shape index (κ2) is 14.2. The van der Waals surface area contributed by atoms with E-state index >= 15 is 0 Å². The van der Waals surface area contributed by atoms with Crippen LogP contribution in [0.5, 0.6) is 0 Å². The first-order valence-electron chi connectivity index (χ1n) is 15.4. The molecule has 0 radical (unpaired) electrons. The van der Waals surface area contributed by atoms with Gasteiger partial charge in [-0.2, -0.15) is 0 Å². The predicted octanol–water partition coefficient (Wildman–Crippen LogP) is 8.44. The van der Waals surface area contributed by atoms with Crippen LogP contribution in [0.3, 0.4) is 0 Å². The molecule has 4 rings (SSSR count). The topological polar surface area (TPSA) is 26.3 Å². The van der Waals surface area contributed by atoms with Gasteiger partial charge in [-0.3, -0.25) is 4.79 Å². The molecule has 0 heterocycles. The minimum Gasteiger partial charge on any atom is -0.404 e. The zero-order chi connectivity index (χ0) is 28.4. The van der Waals surface area contributed by atoms with E-state index in [1.807, 2.05) is 6.07 Å². The Hall–Kier alpha value is -2.75. The number of Topliss-reactive ketones (excluding diaryl/α,β-unsaturated/α-hetero) is 1. The average molecular weight is 553 g/mol. The van der Waals surface area contributed by atoms with Crippen LogP contribution in [-0.4, -0.2) is 20.2 Å². The number of aryl methyl sites for hydroxylation is 1. The zero-order valence-electron chi connectivity index (χ0n) is 25.1. The summed E-state index contributed by atoms with van der Waals surface area (Å²) in [7, 11) is -2.68. The van der Waals surface area contributed by atoms with Crippen molar-refractivity contribution in [1.29, 1.82) is 0 Å². The maximum atomic E-state index is 13.9. The van der Waals surface area contributed by atoms with Crippen molar-refractivity contribution in [2.75, 3.05) is 0 Å². The van der Waals surface area contributed by atoms with Crippen LogP contribution in [0.4, 0.5) is 0 Å². The Bertz CT molecular complexity index is 1170. The fraction of sp³-hybridized carbons (Fsp3) is 0.432. The Balaban J connectivity index is 1.65. The molecule has 2 atom stereocenters. The quantitative estimate of drug-likeness (QED) is 0.157. The summed E-state index contributed by atoms with van der Waals surface area (Å²) in [5.74, 6) is 0.385. The van der Waals surface area contributed by atoms with Gasteiger partial charge in [0.15, 0.2) is 0 Å². The minimum atomic E-state index is -2.68. The molecule has 0 saturated carbocycles. The summed E-state index contributed by atoms with van der Waals surface area (Å²) >= 11 is 0. The van der Waals surface area contributed by atoms with Gasteiger partial charge in [0.05, 0.1) is 0 Å². The molecule has 2 nitrogen and oxygen atoms in total. The van der Waals surface area contributed by atoms with E-state index in [9.17, 15) is 4.79 Å². The van der Waals surface area contributed by atoms with Gasteiger partial charge in [-0.05, 0) is 72.3 Å². The van der Waals surface area contributed by atoms with Crippen LogP contribution in [0.1, 0.15) is 84.6 Å². The highest BCUT2D eigenvalue weighted by molar-refractivity contribution is 6.99. The Morgan fingerprint density at radius 2 is 1.43 bits per heavy atom.